The van der Waals surface area contributed by atoms with Crippen molar-refractivity contribution in [2.24, 2.45) is 5.92 Å². The highest BCUT2D eigenvalue weighted by Gasteiger charge is 2.24. The lowest BCUT2D eigenvalue weighted by atomic mass is 9.90. The molecule has 116 valence electrons. The summed E-state index contributed by atoms with van der Waals surface area (Å²) in [6.45, 7) is 3.91. The molecule has 1 aromatic carbocycles. The minimum atomic E-state index is 0.106. The first-order valence-corrected chi connectivity index (χ1v) is 8.06. The lowest BCUT2D eigenvalue weighted by Gasteiger charge is -2.32. The van der Waals surface area contributed by atoms with Gasteiger partial charge < -0.3 is 4.90 Å². The van der Waals surface area contributed by atoms with Gasteiger partial charge in [0, 0.05) is 19.3 Å². The number of aromatic nitrogens is 2. The molecule has 1 atom stereocenters. The fraction of sp³-hybridized carbons (Fsp3) is 0.444. The van der Waals surface area contributed by atoms with E-state index in [9.17, 15) is 4.79 Å². The summed E-state index contributed by atoms with van der Waals surface area (Å²) in [6.07, 6.45) is 7.87. The van der Waals surface area contributed by atoms with Crippen LogP contribution in [-0.2, 0) is 6.42 Å². The van der Waals surface area contributed by atoms with Crippen molar-refractivity contribution >= 4 is 5.91 Å². The SMILES string of the molecule is Cc1ccccc1CCC1CCCN(C(=O)c2cn[nH]c2)C1. The summed E-state index contributed by atoms with van der Waals surface area (Å²) in [5.74, 6) is 0.707. The second-order valence-corrected chi connectivity index (χ2v) is 6.21. The maximum atomic E-state index is 12.4. The third-order valence-corrected chi connectivity index (χ3v) is 4.63. The van der Waals surface area contributed by atoms with Crippen LogP contribution in [0.2, 0.25) is 0 Å². The van der Waals surface area contributed by atoms with Gasteiger partial charge in [-0.05, 0) is 49.7 Å². The van der Waals surface area contributed by atoms with Crippen LogP contribution in [0.25, 0.3) is 0 Å². The van der Waals surface area contributed by atoms with Gasteiger partial charge in [-0.15, -0.1) is 0 Å². The number of nitrogens with zero attached hydrogens (tertiary/aromatic N) is 2. The van der Waals surface area contributed by atoms with Crippen molar-refractivity contribution in [3.8, 4) is 0 Å². The summed E-state index contributed by atoms with van der Waals surface area (Å²) >= 11 is 0. The standard InChI is InChI=1S/C18H23N3O/c1-14-5-2-3-7-16(14)9-8-15-6-4-10-21(13-15)18(22)17-11-19-20-12-17/h2-3,5,7,11-12,15H,4,6,8-10,13H2,1H3,(H,19,20). The maximum absolute atomic E-state index is 12.4. The van der Waals surface area contributed by atoms with Gasteiger partial charge in [0.05, 0.1) is 11.8 Å². The smallest absolute Gasteiger partial charge is 0.257 e. The topological polar surface area (TPSA) is 49.0 Å². The maximum Gasteiger partial charge on any atom is 0.257 e. The van der Waals surface area contributed by atoms with Gasteiger partial charge in [-0.3, -0.25) is 9.89 Å². The number of aryl methyl sites for hydroxylation is 2. The number of amides is 1. The van der Waals surface area contributed by atoms with E-state index in [1.807, 2.05) is 4.90 Å². The van der Waals surface area contributed by atoms with Crippen LogP contribution in [0.3, 0.4) is 0 Å². The Hall–Kier alpha value is -2.10. The Labute approximate surface area is 131 Å². The molecule has 22 heavy (non-hydrogen) atoms. The molecular weight excluding hydrogens is 274 g/mol. The van der Waals surface area contributed by atoms with Crippen LogP contribution in [0.5, 0.6) is 0 Å². The van der Waals surface area contributed by atoms with Crippen molar-refractivity contribution in [2.45, 2.75) is 32.6 Å². The van der Waals surface area contributed by atoms with E-state index in [4.69, 9.17) is 0 Å². The zero-order chi connectivity index (χ0) is 15.4. The number of hydrogen-bond donors (Lipinski definition) is 1. The zero-order valence-corrected chi connectivity index (χ0v) is 13.1. The monoisotopic (exact) mass is 297 g/mol. The van der Waals surface area contributed by atoms with E-state index in [-0.39, 0.29) is 5.91 Å². The number of nitrogens with one attached hydrogen (secondary N) is 1. The molecule has 0 spiro atoms. The molecule has 0 bridgehead atoms. The summed E-state index contributed by atoms with van der Waals surface area (Å²) in [5.41, 5.74) is 3.46. The van der Waals surface area contributed by atoms with Crippen LogP contribution in [0.1, 0.15) is 40.7 Å². The number of hydrogen-bond acceptors (Lipinski definition) is 2. The Morgan fingerprint density at radius 3 is 3.05 bits per heavy atom. The summed E-state index contributed by atoms with van der Waals surface area (Å²) in [4.78, 5) is 14.4. The highest BCUT2D eigenvalue weighted by atomic mass is 16.2. The fourth-order valence-corrected chi connectivity index (χ4v) is 3.29. The van der Waals surface area contributed by atoms with Crippen molar-refractivity contribution in [1.82, 2.24) is 15.1 Å². The number of benzene rings is 1. The van der Waals surface area contributed by atoms with Crippen molar-refractivity contribution < 1.29 is 4.79 Å². The molecule has 0 radical (unpaired) electrons. The number of carbonyl (C=O) groups is 1. The van der Waals surface area contributed by atoms with E-state index in [0.717, 1.165) is 32.4 Å². The van der Waals surface area contributed by atoms with E-state index in [1.165, 1.54) is 17.5 Å². The lowest BCUT2D eigenvalue weighted by molar-refractivity contribution is 0.0668. The molecule has 4 nitrogen and oxygen atoms in total. The van der Waals surface area contributed by atoms with Gasteiger partial charge in [-0.25, -0.2) is 0 Å². The molecule has 1 saturated heterocycles. The predicted octanol–water partition coefficient (Wildman–Crippen LogP) is 3.20. The third-order valence-electron chi connectivity index (χ3n) is 4.63. The number of carbonyl (C=O) groups excluding carboxylic acids is 1. The Morgan fingerprint density at radius 2 is 2.27 bits per heavy atom. The van der Waals surface area contributed by atoms with Crippen molar-refractivity contribution in [3.05, 3.63) is 53.3 Å². The van der Waals surface area contributed by atoms with Crippen molar-refractivity contribution in [2.75, 3.05) is 13.1 Å². The minimum absolute atomic E-state index is 0.106. The second kappa shape index (κ2) is 6.77. The molecule has 2 heterocycles. The quantitative estimate of drug-likeness (QED) is 0.942. The molecule has 1 aliphatic rings. The van der Waals surface area contributed by atoms with E-state index >= 15 is 0 Å². The molecule has 1 fully saturated rings. The van der Waals surface area contributed by atoms with E-state index in [2.05, 4.69) is 41.4 Å². The molecule has 1 aromatic heterocycles. The first-order valence-electron chi connectivity index (χ1n) is 8.06. The highest BCUT2D eigenvalue weighted by Crippen LogP contribution is 2.23. The summed E-state index contributed by atoms with van der Waals surface area (Å²) in [7, 11) is 0. The van der Waals surface area contributed by atoms with E-state index < -0.39 is 0 Å². The zero-order valence-electron chi connectivity index (χ0n) is 13.1. The number of likely N-dealkylation sites (tertiary alicyclic amines) is 1. The van der Waals surface area contributed by atoms with Gasteiger partial charge >= 0.3 is 0 Å². The predicted molar refractivity (Wildman–Crippen MR) is 86.7 cm³/mol. The molecule has 0 aliphatic carbocycles. The van der Waals surface area contributed by atoms with Crippen LogP contribution in [0.4, 0.5) is 0 Å². The Morgan fingerprint density at radius 1 is 1.41 bits per heavy atom. The number of rotatable bonds is 4. The molecular formula is C18H23N3O. The molecule has 4 heteroatoms. The van der Waals surface area contributed by atoms with Gasteiger partial charge in [0.1, 0.15) is 0 Å². The minimum Gasteiger partial charge on any atom is -0.338 e. The average molecular weight is 297 g/mol. The highest BCUT2D eigenvalue weighted by molar-refractivity contribution is 5.93. The van der Waals surface area contributed by atoms with Crippen LogP contribution in [0.15, 0.2) is 36.7 Å². The van der Waals surface area contributed by atoms with Gasteiger partial charge in [-0.1, -0.05) is 24.3 Å². The molecule has 2 aromatic rings. The first-order chi connectivity index (χ1) is 10.7. The number of piperidine rings is 1. The summed E-state index contributed by atoms with van der Waals surface area (Å²) in [5, 5.41) is 6.59. The van der Waals surface area contributed by atoms with E-state index in [0.29, 0.717) is 11.5 Å². The number of H-pyrrole nitrogens is 1. The molecule has 1 unspecified atom stereocenters. The van der Waals surface area contributed by atoms with E-state index in [1.54, 1.807) is 12.4 Å². The van der Waals surface area contributed by atoms with Gasteiger partial charge in [0.15, 0.2) is 0 Å². The van der Waals surface area contributed by atoms with Crippen molar-refractivity contribution in [1.29, 1.82) is 0 Å². The van der Waals surface area contributed by atoms with Crippen LogP contribution in [0, 0.1) is 12.8 Å². The molecule has 1 aliphatic heterocycles. The van der Waals surface area contributed by atoms with Crippen LogP contribution < -0.4 is 0 Å². The summed E-state index contributed by atoms with van der Waals surface area (Å²) < 4.78 is 0. The second-order valence-electron chi connectivity index (χ2n) is 6.21. The average Bonchev–Trinajstić information content (AvgIpc) is 3.08. The largest absolute Gasteiger partial charge is 0.338 e. The number of aromatic amines is 1. The molecule has 3 rings (SSSR count). The molecule has 1 amide bonds. The lowest BCUT2D eigenvalue weighted by Crippen LogP contribution is -2.39. The Kier molecular flexibility index (Phi) is 4.56. The molecule has 0 saturated carbocycles. The third kappa shape index (κ3) is 3.38. The Balaban J connectivity index is 1.57. The van der Waals surface area contributed by atoms with Gasteiger partial charge in [-0.2, -0.15) is 5.10 Å². The normalized spacial score (nSPS) is 18.4. The van der Waals surface area contributed by atoms with Gasteiger partial charge in [0.2, 0.25) is 0 Å². The van der Waals surface area contributed by atoms with Crippen LogP contribution in [-0.4, -0.2) is 34.1 Å². The van der Waals surface area contributed by atoms with Crippen LogP contribution >= 0.6 is 0 Å². The first kappa shape index (κ1) is 14.8. The van der Waals surface area contributed by atoms with Gasteiger partial charge in [0.25, 0.3) is 5.91 Å². The van der Waals surface area contributed by atoms with Crippen molar-refractivity contribution in [3.63, 3.8) is 0 Å². The Bertz CT molecular complexity index is 621. The fourth-order valence-electron chi connectivity index (χ4n) is 3.29. The molecule has 1 N–H and O–H groups in total. The summed E-state index contributed by atoms with van der Waals surface area (Å²) in [6, 6.07) is 8.58.